The van der Waals surface area contributed by atoms with Crippen LogP contribution >= 0.6 is 0 Å². The van der Waals surface area contributed by atoms with Crippen LogP contribution in [0.15, 0.2) is 0 Å². The first-order valence-corrected chi connectivity index (χ1v) is 5.99. The minimum absolute atomic E-state index is 0.00273. The second-order valence-corrected chi connectivity index (χ2v) is 6.88. The Labute approximate surface area is 104 Å². The fraction of sp³-hybridized carbons (Fsp3) is 0.917. The van der Waals surface area contributed by atoms with E-state index < -0.39 is 0 Å². The first kappa shape index (κ1) is 14.1. The van der Waals surface area contributed by atoms with Crippen molar-refractivity contribution in [2.75, 3.05) is 0 Å². The van der Waals surface area contributed by atoms with E-state index in [1.54, 1.807) is 4.68 Å². The van der Waals surface area contributed by atoms with Gasteiger partial charge in [-0.15, -0.1) is 5.10 Å². The Balaban J connectivity index is 3.26. The van der Waals surface area contributed by atoms with Crippen LogP contribution < -0.4 is 5.32 Å². The molecule has 0 aromatic carbocycles. The summed E-state index contributed by atoms with van der Waals surface area (Å²) in [5.41, 5.74) is -0.291. The van der Waals surface area contributed by atoms with Crippen LogP contribution in [0.4, 0.5) is 0 Å². The zero-order valence-corrected chi connectivity index (χ0v) is 12.3. The highest BCUT2D eigenvalue weighted by Crippen LogP contribution is 2.38. The molecule has 0 unspecified atom stereocenters. The molecule has 5 nitrogen and oxygen atoms in total. The molecule has 1 rings (SSSR count). The van der Waals surface area contributed by atoms with Gasteiger partial charge in [0.2, 0.25) is 0 Å². The van der Waals surface area contributed by atoms with E-state index in [2.05, 4.69) is 69.3 Å². The lowest BCUT2D eigenvalue weighted by atomic mass is 9.73. The van der Waals surface area contributed by atoms with E-state index >= 15 is 0 Å². The van der Waals surface area contributed by atoms with E-state index in [0.717, 1.165) is 5.82 Å². The minimum atomic E-state index is -0.288. The van der Waals surface area contributed by atoms with Crippen LogP contribution in [0.2, 0.25) is 0 Å². The summed E-state index contributed by atoms with van der Waals surface area (Å²) in [5.74, 6) is 0.861. The van der Waals surface area contributed by atoms with E-state index in [1.807, 2.05) is 7.05 Å². The monoisotopic (exact) mass is 239 g/mol. The lowest BCUT2D eigenvalue weighted by Gasteiger charge is -2.45. The summed E-state index contributed by atoms with van der Waals surface area (Å²) in [6, 6.07) is 0. The van der Waals surface area contributed by atoms with Crippen molar-refractivity contribution in [2.24, 2.45) is 12.5 Å². The average Bonchev–Trinajstić information content (AvgIpc) is 2.46. The molecule has 98 valence electrons. The quantitative estimate of drug-likeness (QED) is 0.856. The van der Waals surface area contributed by atoms with Crippen LogP contribution in [0.1, 0.15) is 54.3 Å². The van der Waals surface area contributed by atoms with Crippen LogP contribution in [0, 0.1) is 5.41 Å². The van der Waals surface area contributed by atoms with E-state index in [9.17, 15) is 0 Å². The topological polar surface area (TPSA) is 55.6 Å². The van der Waals surface area contributed by atoms with Crippen LogP contribution in [0.5, 0.6) is 0 Å². The van der Waals surface area contributed by atoms with Gasteiger partial charge in [0, 0.05) is 12.6 Å². The Morgan fingerprint density at radius 1 is 1.00 bits per heavy atom. The fourth-order valence-electron chi connectivity index (χ4n) is 1.98. The van der Waals surface area contributed by atoms with Gasteiger partial charge in [-0.1, -0.05) is 20.8 Å². The molecular formula is C12H25N5. The Hall–Kier alpha value is -0.970. The molecule has 0 aliphatic heterocycles. The van der Waals surface area contributed by atoms with Crippen molar-refractivity contribution in [2.45, 2.75) is 59.5 Å². The Morgan fingerprint density at radius 2 is 1.53 bits per heavy atom. The van der Waals surface area contributed by atoms with Crippen LogP contribution in [-0.2, 0) is 12.6 Å². The van der Waals surface area contributed by atoms with Crippen molar-refractivity contribution in [1.82, 2.24) is 25.5 Å². The zero-order chi connectivity index (χ0) is 13.5. The van der Waals surface area contributed by atoms with E-state index in [1.165, 1.54) is 0 Å². The van der Waals surface area contributed by atoms with Crippen molar-refractivity contribution >= 4 is 0 Å². The number of aromatic nitrogens is 4. The number of nitrogens with one attached hydrogen (secondary N) is 1. The second kappa shape index (κ2) is 4.05. The first-order valence-electron chi connectivity index (χ1n) is 5.99. The predicted molar refractivity (Wildman–Crippen MR) is 68.5 cm³/mol. The maximum Gasteiger partial charge on any atom is 0.171 e. The van der Waals surface area contributed by atoms with Gasteiger partial charge >= 0.3 is 0 Å². The molecule has 0 bridgehead atoms. The average molecular weight is 239 g/mol. The molecule has 1 atom stereocenters. The molecule has 1 N–H and O–H groups in total. The Kier molecular flexibility index (Phi) is 3.36. The third-order valence-electron chi connectivity index (χ3n) is 3.19. The second-order valence-electron chi connectivity index (χ2n) is 6.88. The van der Waals surface area contributed by atoms with Crippen molar-refractivity contribution in [3.8, 4) is 0 Å². The summed E-state index contributed by atoms with van der Waals surface area (Å²) in [4.78, 5) is 0. The molecule has 0 aliphatic carbocycles. The standard InChI is InChI=1S/C12H25N5/c1-10(2,3)12(7,14-11(4,5)6)9-13-15-16-17(9)8/h14H,1-8H3/t12-/m0/s1. The summed E-state index contributed by atoms with van der Waals surface area (Å²) in [5, 5.41) is 15.5. The highest BCUT2D eigenvalue weighted by molar-refractivity contribution is 5.10. The molecule has 5 heteroatoms. The SMILES string of the molecule is Cn1nnnc1[C@](C)(NC(C)(C)C)C(C)(C)C. The van der Waals surface area contributed by atoms with E-state index in [4.69, 9.17) is 0 Å². The zero-order valence-electron chi connectivity index (χ0n) is 12.3. The first-order chi connectivity index (χ1) is 7.47. The van der Waals surface area contributed by atoms with Crippen molar-refractivity contribution in [3.05, 3.63) is 5.82 Å². The number of tetrazole rings is 1. The maximum atomic E-state index is 4.18. The largest absolute Gasteiger partial charge is 0.300 e. The number of rotatable bonds is 2. The molecule has 0 saturated heterocycles. The van der Waals surface area contributed by atoms with Gasteiger partial charge in [0.05, 0.1) is 5.54 Å². The Morgan fingerprint density at radius 3 is 1.82 bits per heavy atom. The van der Waals surface area contributed by atoms with Crippen LogP contribution in [0.25, 0.3) is 0 Å². The Bertz CT molecular complexity index is 382. The molecule has 0 radical (unpaired) electrons. The summed E-state index contributed by atoms with van der Waals surface area (Å²) < 4.78 is 1.74. The van der Waals surface area contributed by atoms with Gasteiger partial charge in [-0.05, 0) is 43.5 Å². The molecule has 0 saturated carbocycles. The molecule has 17 heavy (non-hydrogen) atoms. The number of nitrogens with zero attached hydrogens (tertiary/aromatic N) is 4. The number of hydrogen-bond donors (Lipinski definition) is 1. The van der Waals surface area contributed by atoms with Gasteiger partial charge in [0.1, 0.15) is 0 Å². The van der Waals surface area contributed by atoms with E-state index in [-0.39, 0.29) is 16.5 Å². The summed E-state index contributed by atoms with van der Waals surface area (Å²) in [7, 11) is 1.88. The van der Waals surface area contributed by atoms with Gasteiger partial charge in [-0.25, -0.2) is 4.68 Å². The van der Waals surface area contributed by atoms with Crippen molar-refractivity contribution < 1.29 is 0 Å². The van der Waals surface area contributed by atoms with Crippen molar-refractivity contribution in [3.63, 3.8) is 0 Å². The highest BCUT2D eigenvalue weighted by Gasteiger charge is 2.45. The van der Waals surface area contributed by atoms with E-state index in [0.29, 0.717) is 0 Å². The maximum absolute atomic E-state index is 4.18. The molecule has 0 fully saturated rings. The molecule has 0 spiro atoms. The minimum Gasteiger partial charge on any atom is -0.300 e. The van der Waals surface area contributed by atoms with Crippen LogP contribution in [0.3, 0.4) is 0 Å². The third kappa shape index (κ3) is 2.83. The lowest BCUT2D eigenvalue weighted by Crippen LogP contribution is -2.58. The molecule has 0 amide bonds. The van der Waals surface area contributed by atoms with Gasteiger partial charge in [-0.3, -0.25) is 5.32 Å². The molecule has 0 aliphatic rings. The molecule has 1 aromatic rings. The molecule has 1 aromatic heterocycles. The summed E-state index contributed by atoms with van der Waals surface area (Å²) >= 11 is 0. The van der Waals surface area contributed by atoms with Gasteiger partial charge < -0.3 is 0 Å². The van der Waals surface area contributed by atoms with Crippen LogP contribution in [-0.4, -0.2) is 25.7 Å². The fourth-order valence-corrected chi connectivity index (χ4v) is 1.98. The normalized spacial score (nSPS) is 16.9. The molecule has 1 heterocycles. The lowest BCUT2D eigenvalue weighted by molar-refractivity contribution is 0.104. The van der Waals surface area contributed by atoms with Gasteiger partial charge in [-0.2, -0.15) is 0 Å². The van der Waals surface area contributed by atoms with Crippen molar-refractivity contribution in [1.29, 1.82) is 0 Å². The smallest absolute Gasteiger partial charge is 0.171 e. The predicted octanol–water partition coefficient (Wildman–Crippen LogP) is 1.86. The molecular weight excluding hydrogens is 214 g/mol. The number of hydrogen-bond acceptors (Lipinski definition) is 4. The summed E-state index contributed by atoms with van der Waals surface area (Å²) in [6.45, 7) is 15.2. The number of aryl methyl sites for hydroxylation is 1. The van der Waals surface area contributed by atoms with Gasteiger partial charge in [0.15, 0.2) is 5.82 Å². The van der Waals surface area contributed by atoms with Gasteiger partial charge in [0.25, 0.3) is 0 Å². The summed E-state index contributed by atoms with van der Waals surface area (Å²) in [6.07, 6.45) is 0. The highest BCUT2D eigenvalue weighted by atomic mass is 15.5. The third-order valence-corrected chi connectivity index (χ3v) is 3.19.